The highest BCUT2D eigenvalue weighted by molar-refractivity contribution is 7.80. The number of para-hydroxylation sites is 1. The van der Waals surface area contributed by atoms with Crippen LogP contribution in [-0.2, 0) is 28.2 Å². The summed E-state index contributed by atoms with van der Waals surface area (Å²) in [5, 5.41) is 20.0. The molecule has 2 aromatic carbocycles. The first-order valence-corrected chi connectivity index (χ1v) is 14.6. The summed E-state index contributed by atoms with van der Waals surface area (Å²) in [5.74, 6) is -0.0755. The Morgan fingerprint density at radius 2 is 1.71 bits per heavy atom. The Morgan fingerprint density at radius 1 is 1.10 bits per heavy atom. The van der Waals surface area contributed by atoms with E-state index in [1.165, 1.54) is 11.6 Å². The Balaban J connectivity index is 0.000000696. The van der Waals surface area contributed by atoms with Crippen molar-refractivity contribution >= 4 is 49.1 Å². The minimum absolute atomic E-state index is 0.0468. The molecule has 0 aliphatic heterocycles. The molecule has 12 nitrogen and oxygen atoms in total. The molecule has 218 valence electrons. The third kappa shape index (κ3) is 8.11. The van der Waals surface area contributed by atoms with Gasteiger partial charge in [0.05, 0.1) is 33.9 Å². The summed E-state index contributed by atoms with van der Waals surface area (Å²) < 4.78 is 34.6. The van der Waals surface area contributed by atoms with E-state index in [0.717, 1.165) is 22.3 Å². The first kappa shape index (κ1) is 31.7. The Morgan fingerprint density at radius 3 is 2.27 bits per heavy atom. The van der Waals surface area contributed by atoms with Gasteiger partial charge in [-0.15, -0.1) is 5.11 Å². The molecule has 0 saturated heterocycles. The topological polar surface area (TPSA) is 152 Å². The first-order chi connectivity index (χ1) is 19.1. The van der Waals surface area contributed by atoms with E-state index in [2.05, 4.69) is 19.0 Å². The average molecular weight is 604 g/mol. The number of benzene rings is 2. The average Bonchev–Trinajstić information content (AvgIpc) is 3.29. The quantitative estimate of drug-likeness (QED) is 0.101. The zero-order valence-electron chi connectivity index (χ0n) is 23.6. The molecule has 4 rings (SSSR count). The summed E-state index contributed by atoms with van der Waals surface area (Å²) in [7, 11) is 4.12. The number of aromatic nitrogens is 2. The molecule has 0 atom stereocenters. The van der Waals surface area contributed by atoms with Crippen molar-refractivity contribution < 1.29 is 36.1 Å². The van der Waals surface area contributed by atoms with Crippen molar-refractivity contribution in [2.75, 3.05) is 34.8 Å². The number of aryl methyl sites for hydroxylation is 1. The molecule has 0 radical (unpaired) electrons. The second-order valence-electron chi connectivity index (χ2n) is 9.96. The van der Waals surface area contributed by atoms with Gasteiger partial charge in [-0.2, -0.15) is 18.1 Å². The molecular weight excluding hydrogens is 570 g/mol. The molecule has 0 fully saturated rings. The number of fused-ring (bicyclic) bond motifs is 1. The van der Waals surface area contributed by atoms with Crippen LogP contribution in [0.1, 0.15) is 17.3 Å². The van der Waals surface area contributed by atoms with Crippen LogP contribution in [0.25, 0.3) is 20.8 Å². The number of azo groups is 1. The van der Waals surface area contributed by atoms with Crippen LogP contribution in [0.2, 0.25) is 0 Å². The van der Waals surface area contributed by atoms with Crippen molar-refractivity contribution in [3.05, 3.63) is 70.5 Å². The van der Waals surface area contributed by atoms with Crippen LogP contribution in [0.15, 0.2) is 69.6 Å². The van der Waals surface area contributed by atoms with E-state index in [4.69, 9.17) is 4.55 Å². The van der Waals surface area contributed by atoms with Gasteiger partial charge in [0.25, 0.3) is 10.6 Å². The Hall–Kier alpha value is -3.82. The molecule has 0 unspecified atom stereocenters. The Labute approximate surface area is 242 Å². The second kappa shape index (κ2) is 12.8. The van der Waals surface area contributed by atoms with Gasteiger partial charge in [-0.3, -0.25) is 22.9 Å². The van der Waals surface area contributed by atoms with Crippen molar-refractivity contribution in [3.63, 3.8) is 0 Å². The molecule has 2 N–H and O–H groups in total. The van der Waals surface area contributed by atoms with E-state index in [1.807, 2.05) is 52.3 Å². The van der Waals surface area contributed by atoms with E-state index >= 15 is 0 Å². The fourth-order valence-corrected chi connectivity index (χ4v) is 5.07. The first-order valence-electron chi connectivity index (χ1n) is 12.4. The normalized spacial score (nSPS) is 12.0. The van der Waals surface area contributed by atoms with Gasteiger partial charge in [-0.05, 0) is 43.3 Å². The summed E-state index contributed by atoms with van der Waals surface area (Å²) in [4.78, 5) is 25.2. The Kier molecular flexibility index (Phi) is 9.89. The van der Waals surface area contributed by atoms with Crippen LogP contribution < -0.4 is 10.1 Å². The van der Waals surface area contributed by atoms with E-state index in [0.29, 0.717) is 34.4 Å². The molecule has 4 aromatic rings. The molecule has 0 aliphatic rings. The maximum atomic E-state index is 12.8. The molecule has 2 aromatic heterocycles. The number of thiazole rings is 1. The summed E-state index contributed by atoms with van der Waals surface area (Å²) in [6, 6.07) is 16.4. The van der Waals surface area contributed by atoms with Crippen molar-refractivity contribution in [1.29, 1.82) is 0 Å². The lowest BCUT2D eigenvalue weighted by Crippen LogP contribution is -2.39. The maximum absolute atomic E-state index is 12.8. The highest BCUT2D eigenvalue weighted by atomic mass is 32.3. The van der Waals surface area contributed by atoms with Gasteiger partial charge < -0.3 is 9.59 Å². The highest BCUT2D eigenvalue weighted by Crippen LogP contribution is 2.35. The molecule has 41 heavy (non-hydrogen) atoms. The predicted molar refractivity (Wildman–Crippen MR) is 156 cm³/mol. The van der Waals surface area contributed by atoms with Crippen molar-refractivity contribution in [2.24, 2.45) is 17.3 Å². The smallest absolute Gasteiger partial charge is 0.397 e. The number of pyridine rings is 1. The van der Waals surface area contributed by atoms with Gasteiger partial charge in [0.2, 0.25) is 17.2 Å². The van der Waals surface area contributed by atoms with Gasteiger partial charge in [-0.1, -0.05) is 23.5 Å². The third-order valence-corrected chi connectivity index (χ3v) is 7.43. The summed E-state index contributed by atoms with van der Waals surface area (Å²) in [5.41, 5.74) is 2.37. The lowest BCUT2D eigenvalue weighted by molar-refractivity contribution is -0.861. The van der Waals surface area contributed by atoms with E-state index in [-0.39, 0.29) is 17.4 Å². The molecule has 0 bridgehead atoms. The SMILES string of the molecule is CC[n+]1c(-c2cc(N=Nc3ccc(C(=O)C[N+](C)(C)C)cc3)c(=O)n(C)c2O)sc2ccccc21.COS(=O)(=O)O. The van der Waals surface area contributed by atoms with Crippen LogP contribution in [0, 0.1) is 0 Å². The third-order valence-electron chi connectivity index (χ3n) is 5.81. The number of hydrogen-bond acceptors (Lipinski definition) is 9. The molecule has 0 amide bonds. The lowest BCUT2D eigenvalue weighted by Gasteiger charge is -2.22. The van der Waals surface area contributed by atoms with Gasteiger partial charge in [0.1, 0.15) is 23.4 Å². The Bertz CT molecular complexity index is 1750. The maximum Gasteiger partial charge on any atom is 0.397 e. The number of hydrogen-bond donors (Lipinski definition) is 2. The summed E-state index contributed by atoms with van der Waals surface area (Å²) in [6.07, 6.45) is 0. The van der Waals surface area contributed by atoms with Crippen molar-refractivity contribution in [3.8, 4) is 16.5 Å². The lowest BCUT2D eigenvalue weighted by atomic mass is 10.1. The molecule has 14 heteroatoms. The standard InChI is InChI=1S/C26H28N5O3S.CH4O4S/c1-6-30-21-9-7-8-10-23(21)35-26(30)19-15-20(25(34)29(2)24(19)33)28-27-18-13-11-17(12-14-18)22(32)16-31(3,4)5;1-5-6(2,3)4/h7-15H,6,16H2,1-5H3;1H3,(H,2,3,4)/q+1;/p+1. The summed E-state index contributed by atoms with van der Waals surface area (Å²) in [6.45, 7) is 3.14. The number of Topliss-reactive ketones (excluding diaryl/α,β-unsaturated/α-hetero) is 1. The molecule has 0 saturated carbocycles. The monoisotopic (exact) mass is 603 g/mol. The number of carbonyl (C=O) groups is 1. The van der Waals surface area contributed by atoms with Crippen LogP contribution in [0.3, 0.4) is 0 Å². The summed E-state index contributed by atoms with van der Waals surface area (Å²) >= 11 is 1.54. The van der Waals surface area contributed by atoms with Crippen molar-refractivity contribution in [2.45, 2.75) is 13.5 Å². The van der Waals surface area contributed by atoms with E-state index in [1.54, 1.807) is 41.7 Å². The van der Waals surface area contributed by atoms with E-state index in [9.17, 15) is 23.1 Å². The fourth-order valence-electron chi connectivity index (χ4n) is 3.84. The van der Waals surface area contributed by atoms with Crippen LogP contribution in [0.5, 0.6) is 5.88 Å². The van der Waals surface area contributed by atoms with Gasteiger partial charge in [0, 0.05) is 18.7 Å². The van der Waals surface area contributed by atoms with Gasteiger partial charge >= 0.3 is 10.4 Å². The molecule has 0 spiro atoms. The van der Waals surface area contributed by atoms with Crippen LogP contribution in [-0.4, -0.2) is 67.7 Å². The number of nitrogens with zero attached hydrogens (tertiary/aromatic N) is 5. The molecular formula is C27H33N5O7S2+2. The predicted octanol–water partition coefficient (Wildman–Crippen LogP) is 4.02. The zero-order valence-corrected chi connectivity index (χ0v) is 25.2. The van der Waals surface area contributed by atoms with Crippen LogP contribution in [0.4, 0.5) is 11.4 Å². The minimum atomic E-state index is -4.16. The van der Waals surface area contributed by atoms with Crippen molar-refractivity contribution in [1.82, 2.24) is 4.57 Å². The van der Waals surface area contributed by atoms with E-state index < -0.39 is 16.0 Å². The second-order valence-corrected chi connectivity index (χ2v) is 12.2. The molecule has 2 heterocycles. The number of rotatable bonds is 8. The largest absolute Gasteiger partial charge is 0.494 e. The van der Waals surface area contributed by atoms with Gasteiger partial charge in [-0.25, -0.2) is 0 Å². The number of aromatic hydroxyl groups is 1. The number of ketones is 1. The highest BCUT2D eigenvalue weighted by Gasteiger charge is 2.26. The number of likely N-dealkylation sites (N-methyl/N-ethyl adjacent to an activating group) is 1. The number of quaternary nitrogens is 1. The van der Waals surface area contributed by atoms with Gasteiger partial charge in [0.15, 0.2) is 5.69 Å². The number of carbonyl (C=O) groups excluding carboxylic acids is 1. The zero-order chi connectivity index (χ0) is 30.5. The molecule has 0 aliphatic carbocycles. The van der Waals surface area contributed by atoms with Crippen LogP contribution >= 0.6 is 11.3 Å². The minimum Gasteiger partial charge on any atom is -0.494 e. The fraction of sp³-hybridized carbons (Fsp3) is 0.296.